The number of ether oxygens (including phenoxy) is 7. The van der Waals surface area contributed by atoms with Crippen molar-refractivity contribution in [1.82, 2.24) is 0 Å². The lowest BCUT2D eigenvalue weighted by Crippen LogP contribution is -2.59. The van der Waals surface area contributed by atoms with Crippen molar-refractivity contribution < 1.29 is 33.2 Å². The Kier molecular flexibility index (Phi) is 5.22. The van der Waals surface area contributed by atoms with Gasteiger partial charge in [-0.3, -0.25) is 0 Å². The fraction of sp³-hybridized carbons (Fsp3) is 1.00. The Labute approximate surface area is 118 Å². The van der Waals surface area contributed by atoms with Crippen LogP contribution in [-0.2, 0) is 33.2 Å². The second-order valence-corrected chi connectivity index (χ2v) is 5.18. The molecule has 0 N–H and O–H groups in total. The monoisotopic (exact) mass is 290 g/mol. The molecule has 3 fully saturated rings. The molecule has 7 nitrogen and oxygen atoms in total. The number of hydrogen-bond acceptors (Lipinski definition) is 7. The van der Waals surface area contributed by atoms with Crippen LogP contribution in [0.4, 0.5) is 0 Å². The maximum atomic E-state index is 6.00. The molecule has 0 amide bonds. The van der Waals surface area contributed by atoms with E-state index < -0.39 is 5.79 Å². The molecule has 2 atom stereocenters. The van der Waals surface area contributed by atoms with E-state index >= 15 is 0 Å². The van der Waals surface area contributed by atoms with E-state index in [0.717, 1.165) is 0 Å². The molecule has 0 aromatic rings. The SMILES string of the molecule is C1COCC2COCC3(COCC(COCCO1)O3)O2. The minimum absolute atomic E-state index is 0.144. The van der Waals surface area contributed by atoms with Crippen molar-refractivity contribution in [3.05, 3.63) is 0 Å². The van der Waals surface area contributed by atoms with Crippen molar-refractivity contribution in [1.29, 1.82) is 0 Å². The van der Waals surface area contributed by atoms with Crippen LogP contribution in [0, 0.1) is 0 Å². The normalized spacial score (nSPS) is 40.8. The highest BCUT2D eigenvalue weighted by atomic mass is 16.8. The molecule has 0 aromatic heterocycles. The lowest BCUT2D eigenvalue weighted by molar-refractivity contribution is -0.376. The van der Waals surface area contributed by atoms with Gasteiger partial charge in [-0.05, 0) is 0 Å². The molecule has 0 saturated carbocycles. The quantitative estimate of drug-likeness (QED) is 0.600. The van der Waals surface area contributed by atoms with Gasteiger partial charge in [0.05, 0.1) is 52.9 Å². The van der Waals surface area contributed by atoms with Crippen molar-refractivity contribution in [2.75, 3.05) is 66.1 Å². The molecule has 2 unspecified atom stereocenters. The number of hydrogen-bond donors (Lipinski definition) is 0. The maximum Gasteiger partial charge on any atom is 0.216 e. The molecule has 1 spiro atoms. The first-order valence-electron chi connectivity index (χ1n) is 7.11. The van der Waals surface area contributed by atoms with E-state index in [2.05, 4.69) is 0 Å². The molecule has 3 heterocycles. The average Bonchev–Trinajstić information content (AvgIpc) is 2.45. The summed E-state index contributed by atoms with van der Waals surface area (Å²) < 4.78 is 39.6. The molecule has 20 heavy (non-hydrogen) atoms. The predicted molar refractivity (Wildman–Crippen MR) is 66.6 cm³/mol. The number of rotatable bonds is 0. The summed E-state index contributed by atoms with van der Waals surface area (Å²) in [5.74, 6) is -0.820. The van der Waals surface area contributed by atoms with Crippen molar-refractivity contribution in [3.8, 4) is 0 Å². The largest absolute Gasteiger partial charge is 0.377 e. The smallest absolute Gasteiger partial charge is 0.216 e. The van der Waals surface area contributed by atoms with E-state index in [4.69, 9.17) is 33.2 Å². The zero-order valence-electron chi connectivity index (χ0n) is 11.6. The highest BCUT2D eigenvalue weighted by molar-refractivity contribution is 4.81. The third kappa shape index (κ3) is 3.88. The highest BCUT2D eigenvalue weighted by Gasteiger charge is 2.44. The lowest BCUT2D eigenvalue weighted by atomic mass is 10.2. The summed E-state index contributed by atoms with van der Waals surface area (Å²) in [5.41, 5.74) is 0. The average molecular weight is 290 g/mol. The van der Waals surface area contributed by atoms with E-state index in [1.54, 1.807) is 0 Å². The third-order valence-corrected chi connectivity index (χ3v) is 3.37. The van der Waals surface area contributed by atoms with E-state index in [9.17, 15) is 0 Å². The zero-order valence-corrected chi connectivity index (χ0v) is 11.6. The fourth-order valence-corrected chi connectivity index (χ4v) is 2.50. The van der Waals surface area contributed by atoms with Crippen LogP contribution in [0.25, 0.3) is 0 Å². The van der Waals surface area contributed by atoms with E-state index in [-0.39, 0.29) is 12.2 Å². The Morgan fingerprint density at radius 3 is 1.55 bits per heavy atom. The summed E-state index contributed by atoms with van der Waals surface area (Å²) >= 11 is 0. The standard InChI is InChI=1S/C13H22O7/c1-3-15-5-11-7-17-9-13(19-11)10-18-8-12(20-13)6-16-4-2-14-1/h11-12H,1-10H2. The zero-order chi connectivity index (χ0) is 13.7. The molecule has 116 valence electrons. The van der Waals surface area contributed by atoms with Crippen molar-refractivity contribution in [2.24, 2.45) is 0 Å². The number of fused-ring (bicyclic) bond motifs is 2. The summed E-state index contributed by atoms with van der Waals surface area (Å²) in [6, 6.07) is 0. The molecular weight excluding hydrogens is 268 g/mol. The Morgan fingerprint density at radius 2 is 1.00 bits per heavy atom. The van der Waals surface area contributed by atoms with Crippen LogP contribution in [0.2, 0.25) is 0 Å². The maximum absolute atomic E-state index is 6.00. The second-order valence-electron chi connectivity index (χ2n) is 5.18. The Balaban J connectivity index is 1.62. The Morgan fingerprint density at radius 1 is 0.550 bits per heavy atom. The molecule has 0 aromatic carbocycles. The van der Waals surface area contributed by atoms with Crippen molar-refractivity contribution >= 4 is 0 Å². The van der Waals surface area contributed by atoms with Crippen LogP contribution < -0.4 is 0 Å². The van der Waals surface area contributed by atoms with E-state index in [0.29, 0.717) is 66.1 Å². The van der Waals surface area contributed by atoms with Crippen molar-refractivity contribution in [3.63, 3.8) is 0 Å². The summed E-state index contributed by atoms with van der Waals surface area (Å²) in [7, 11) is 0. The lowest BCUT2D eigenvalue weighted by Gasteiger charge is -2.44. The first kappa shape index (κ1) is 14.6. The minimum Gasteiger partial charge on any atom is -0.377 e. The second kappa shape index (κ2) is 7.13. The van der Waals surface area contributed by atoms with Gasteiger partial charge >= 0.3 is 0 Å². The molecule has 7 heteroatoms. The first-order chi connectivity index (χ1) is 9.86. The highest BCUT2D eigenvalue weighted by Crippen LogP contribution is 2.27. The van der Waals surface area contributed by atoms with E-state index in [1.807, 2.05) is 0 Å². The topological polar surface area (TPSA) is 64.6 Å². The summed E-state index contributed by atoms with van der Waals surface area (Å²) in [5, 5.41) is 0. The van der Waals surface area contributed by atoms with Gasteiger partial charge in [0, 0.05) is 0 Å². The van der Waals surface area contributed by atoms with Gasteiger partial charge in [-0.1, -0.05) is 0 Å². The molecule has 0 aliphatic carbocycles. The van der Waals surface area contributed by atoms with Crippen LogP contribution in [0.3, 0.4) is 0 Å². The predicted octanol–water partition coefficient (Wildman–Crippen LogP) is -0.423. The van der Waals surface area contributed by atoms with Crippen LogP contribution in [-0.4, -0.2) is 84.1 Å². The summed E-state index contributed by atoms with van der Waals surface area (Å²) in [6.07, 6.45) is -0.287. The van der Waals surface area contributed by atoms with E-state index in [1.165, 1.54) is 0 Å². The first-order valence-corrected chi connectivity index (χ1v) is 7.11. The molecule has 3 aliphatic rings. The van der Waals surface area contributed by atoms with Crippen LogP contribution in [0.15, 0.2) is 0 Å². The van der Waals surface area contributed by atoms with Crippen LogP contribution >= 0.6 is 0 Å². The molecule has 3 aliphatic heterocycles. The summed E-state index contributed by atoms with van der Waals surface area (Å²) in [6.45, 7) is 4.90. The summed E-state index contributed by atoms with van der Waals surface area (Å²) in [4.78, 5) is 0. The van der Waals surface area contributed by atoms with Gasteiger partial charge in [0.1, 0.15) is 25.4 Å². The Bertz CT molecular complexity index is 270. The Hall–Kier alpha value is -0.280. The van der Waals surface area contributed by atoms with Gasteiger partial charge in [-0.2, -0.15) is 0 Å². The molecule has 3 bridgehead atoms. The molecule has 3 rings (SSSR count). The molecule has 0 radical (unpaired) electrons. The molecule has 3 saturated heterocycles. The van der Waals surface area contributed by atoms with Gasteiger partial charge in [0.2, 0.25) is 5.79 Å². The van der Waals surface area contributed by atoms with Gasteiger partial charge in [-0.15, -0.1) is 0 Å². The molecular formula is C13H22O7. The van der Waals surface area contributed by atoms with Gasteiger partial charge in [0.25, 0.3) is 0 Å². The van der Waals surface area contributed by atoms with Gasteiger partial charge in [0.15, 0.2) is 0 Å². The van der Waals surface area contributed by atoms with Gasteiger partial charge in [-0.25, -0.2) is 0 Å². The fourth-order valence-electron chi connectivity index (χ4n) is 2.50. The van der Waals surface area contributed by atoms with Crippen LogP contribution in [0.1, 0.15) is 0 Å². The minimum atomic E-state index is -0.820. The van der Waals surface area contributed by atoms with Crippen LogP contribution in [0.5, 0.6) is 0 Å². The van der Waals surface area contributed by atoms with Gasteiger partial charge < -0.3 is 33.2 Å². The van der Waals surface area contributed by atoms with Crippen molar-refractivity contribution in [2.45, 2.75) is 18.0 Å². The third-order valence-electron chi connectivity index (χ3n) is 3.37.